The van der Waals surface area contributed by atoms with E-state index < -0.39 is 15.9 Å². The van der Waals surface area contributed by atoms with Gasteiger partial charge in [0.05, 0.1) is 22.2 Å². The fourth-order valence-corrected chi connectivity index (χ4v) is 5.50. The van der Waals surface area contributed by atoms with E-state index in [2.05, 4.69) is 16.0 Å². The quantitative estimate of drug-likeness (QED) is 0.312. The van der Waals surface area contributed by atoms with E-state index in [0.717, 1.165) is 30.4 Å². The van der Waals surface area contributed by atoms with Gasteiger partial charge in [-0.2, -0.15) is 8.42 Å². The van der Waals surface area contributed by atoms with Crippen LogP contribution in [0.4, 0.5) is 5.69 Å². The van der Waals surface area contributed by atoms with Gasteiger partial charge in [-0.25, -0.2) is 0 Å². The maximum Gasteiger partial charge on any atom is 0.295 e. The highest BCUT2D eigenvalue weighted by Crippen LogP contribution is 2.32. The number of hydrogen-bond acceptors (Lipinski definition) is 6. The van der Waals surface area contributed by atoms with Crippen LogP contribution in [0.3, 0.4) is 0 Å². The standard InChI is InChI=1S/C26H26Cl2N4O5S.ClH/c27-19-8-11-24(23(28)16-19)37-32(21-4-2-1-3-5-21)38(35,36)22-9-6-18(7-10-22)26(34)30-17-25(33)31-20-12-14-29-15-13-20;/h1-11,16,20,29H,12-15,17H2,(H,30,34)(H,31,33);1H. The zero-order valence-electron chi connectivity index (χ0n) is 20.6. The van der Waals surface area contributed by atoms with Gasteiger partial charge >= 0.3 is 0 Å². The molecule has 0 aromatic heterocycles. The first kappa shape index (κ1) is 30.5. The molecule has 1 fully saturated rings. The molecule has 9 nitrogen and oxygen atoms in total. The van der Waals surface area contributed by atoms with Crippen LogP contribution in [-0.4, -0.2) is 45.9 Å². The van der Waals surface area contributed by atoms with Gasteiger partial charge in [0.1, 0.15) is 0 Å². The zero-order chi connectivity index (χ0) is 27.1. The Labute approximate surface area is 243 Å². The minimum atomic E-state index is -4.25. The van der Waals surface area contributed by atoms with Crippen LogP contribution in [0.2, 0.25) is 10.0 Å². The first-order chi connectivity index (χ1) is 18.2. The van der Waals surface area contributed by atoms with Crippen molar-refractivity contribution in [2.24, 2.45) is 0 Å². The van der Waals surface area contributed by atoms with Gasteiger partial charge in [-0.3, -0.25) is 9.59 Å². The van der Waals surface area contributed by atoms with Crippen molar-refractivity contribution in [1.82, 2.24) is 16.0 Å². The van der Waals surface area contributed by atoms with Crippen molar-refractivity contribution in [2.45, 2.75) is 23.8 Å². The number of carbonyl (C=O) groups excluding carboxylic acids is 2. The second-order valence-corrected chi connectivity index (χ2v) is 11.1. The fraction of sp³-hybridized carbons (Fsp3) is 0.231. The first-order valence-corrected chi connectivity index (χ1v) is 14.1. The highest BCUT2D eigenvalue weighted by atomic mass is 35.5. The molecule has 0 spiro atoms. The molecule has 0 aliphatic carbocycles. The average Bonchev–Trinajstić information content (AvgIpc) is 2.92. The lowest BCUT2D eigenvalue weighted by atomic mass is 10.1. The number of para-hydroxylation sites is 1. The molecule has 2 amide bonds. The van der Waals surface area contributed by atoms with Crippen LogP contribution in [0.5, 0.6) is 5.75 Å². The van der Waals surface area contributed by atoms with E-state index in [4.69, 9.17) is 28.0 Å². The zero-order valence-corrected chi connectivity index (χ0v) is 23.7. The van der Waals surface area contributed by atoms with Crippen molar-refractivity contribution in [3.05, 3.63) is 88.4 Å². The van der Waals surface area contributed by atoms with Crippen LogP contribution in [0.15, 0.2) is 77.7 Å². The third-order valence-electron chi connectivity index (χ3n) is 5.79. The molecule has 1 heterocycles. The summed E-state index contributed by atoms with van der Waals surface area (Å²) in [6, 6.07) is 18.0. The highest BCUT2D eigenvalue weighted by Gasteiger charge is 2.28. The van der Waals surface area contributed by atoms with Crippen molar-refractivity contribution in [3.8, 4) is 5.75 Å². The van der Waals surface area contributed by atoms with Gasteiger partial charge in [-0.1, -0.05) is 45.9 Å². The Balaban J connectivity index is 0.00000420. The normalized spacial score (nSPS) is 13.6. The average molecular weight is 614 g/mol. The lowest BCUT2D eigenvalue weighted by Gasteiger charge is -2.24. The van der Waals surface area contributed by atoms with Crippen molar-refractivity contribution >= 4 is 63.1 Å². The summed E-state index contributed by atoms with van der Waals surface area (Å²) >= 11 is 12.2. The molecule has 0 saturated carbocycles. The number of halogens is 3. The maximum absolute atomic E-state index is 13.6. The molecule has 0 radical (unpaired) electrons. The molecule has 0 unspecified atom stereocenters. The molecule has 3 aromatic rings. The third-order valence-corrected chi connectivity index (χ3v) is 7.91. The number of carbonyl (C=O) groups is 2. The number of rotatable bonds is 9. The highest BCUT2D eigenvalue weighted by molar-refractivity contribution is 7.92. The number of nitrogens with one attached hydrogen (secondary N) is 3. The van der Waals surface area contributed by atoms with E-state index in [1.807, 2.05) is 0 Å². The summed E-state index contributed by atoms with van der Waals surface area (Å²) in [6.45, 7) is 1.50. The third kappa shape index (κ3) is 8.00. The lowest BCUT2D eigenvalue weighted by Crippen LogP contribution is -2.46. The molecule has 1 aliphatic heterocycles. The van der Waals surface area contributed by atoms with Crippen LogP contribution in [-0.2, 0) is 14.8 Å². The van der Waals surface area contributed by atoms with E-state index >= 15 is 0 Å². The summed E-state index contributed by atoms with van der Waals surface area (Å²) < 4.78 is 27.9. The molecular formula is C26H27Cl3N4O5S. The van der Waals surface area contributed by atoms with Gasteiger partial charge in [0.2, 0.25) is 5.91 Å². The molecule has 4 rings (SSSR count). The number of hydrogen-bond donors (Lipinski definition) is 3. The second kappa shape index (κ2) is 13.9. The van der Waals surface area contributed by atoms with E-state index in [9.17, 15) is 18.0 Å². The maximum atomic E-state index is 13.6. The molecule has 1 saturated heterocycles. The second-order valence-electron chi connectivity index (χ2n) is 8.53. The number of sulfonamides is 1. The van der Waals surface area contributed by atoms with E-state index in [1.165, 1.54) is 42.5 Å². The topological polar surface area (TPSA) is 117 Å². The van der Waals surface area contributed by atoms with E-state index in [-0.39, 0.29) is 57.8 Å². The number of benzene rings is 3. The minimum Gasteiger partial charge on any atom is -0.363 e. The minimum absolute atomic E-state index is 0. The molecule has 0 bridgehead atoms. The SMILES string of the molecule is Cl.O=C(CNC(=O)c1ccc(S(=O)(=O)N(Oc2ccc(Cl)cc2Cl)c2ccccc2)cc1)NC1CCNCC1. The van der Waals surface area contributed by atoms with E-state index in [1.54, 1.807) is 30.3 Å². The van der Waals surface area contributed by atoms with E-state index in [0.29, 0.717) is 5.02 Å². The largest absolute Gasteiger partial charge is 0.363 e. The molecule has 13 heteroatoms. The van der Waals surface area contributed by atoms with Crippen LogP contribution < -0.4 is 25.3 Å². The molecular weight excluding hydrogens is 587 g/mol. The van der Waals surface area contributed by atoms with Crippen LogP contribution >= 0.6 is 35.6 Å². The molecule has 208 valence electrons. The summed E-state index contributed by atoms with van der Waals surface area (Å²) in [7, 11) is -4.25. The summed E-state index contributed by atoms with van der Waals surface area (Å²) in [5.74, 6) is -0.693. The van der Waals surface area contributed by atoms with Gasteiger partial charge in [0, 0.05) is 16.6 Å². The monoisotopic (exact) mass is 612 g/mol. The van der Waals surface area contributed by atoms with Crippen LogP contribution in [0.1, 0.15) is 23.2 Å². The van der Waals surface area contributed by atoms with Crippen molar-refractivity contribution in [1.29, 1.82) is 0 Å². The van der Waals surface area contributed by atoms with Gasteiger partial charge < -0.3 is 20.8 Å². The van der Waals surface area contributed by atoms with Gasteiger partial charge in [-0.05, 0) is 80.5 Å². The summed E-state index contributed by atoms with van der Waals surface area (Å²) in [4.78, 5) is 30.3. The Hall–Kier alpha value is -3.02. The smallest absolute Gasteiger partial charge is 0.295 e. The predicted molar refractivity (Wildman–Crippen MR) is 153 cm³/mol. The number of amides is 2. The number of piperidine rings is 1. The van der Waals surface area contributed by atoms with Crippen molar-refractivity contribution < 1.29 is 22.8 Å². The first-order valence-electron chi connectivity index (χ1n) is 11.9. The number of nitrogens with zero attached hydrogens (tertiary/aromatic N) is 1. The Morgan fingerprint density at radius 2 is 1.64 bits per heavy atom. The molecule has 0 atom stereocenters. The Kier molecular flexibility index (Phi) is 10.8. The van der Waals surface area contributed by atoms with Gasteiger partial charge in [0.15, 0.2) is 5.75 Å². The summed E-state index contributed by atoms with van der Waals surface area (Å²) in [5, 5.41) is 9.18. The fourth-order valence-electron chi connectivity index (χ4n) is 3.81. The van der Waals surface area contributed by atoms with Crippen LogP contribution in [0.25, 0.3) is 0 Å². The molecule has 39 heavy (non-hydrogen) atoms. The Morgan fingerprint density at radius 1 is 0.974 bits per heavy atom. The lowest BCUT2D eigenvalue weighted by molar-refractivity contribution is -0.121. The van der Waals surface area contributed by atoms with Crippen molar-refractivity contribution in [3.63, 3.8) is 0 Å². The summed E-state index contributed by atoms with van der Waals surface area (Å²) in [6.07, 6.45) is 1.67. The Morgan fingerprint density at radius 3 is 2.28 bits per heavy atom. The van der Waals surface area contributed by atoms with Gasteiger partial charge in [0.25, 0.3) is 15.9 Å². The molecule has 3 N–H and O–H groups in total. The molecule has 3 aromatic carbocycles. The summed E-state index contributed by atoms with van der Waals surface area (Å²) in [5.41, 5.74) is 0.437. The van der Waals surface area contributed by atoms with Crippen LogP contribution in [0, 0.1) is 0 Å². The molecule has 1 aliphatic rings. The van der Waals surface area contributed by atoms with Gasteiger partial charge in [-0.15, -0.1) is 12.4 Å². The predicted octanol–water partition coefficient (Wildman–Crippen LogP) is 4.20. The van der Waals surface area contributed by atoms with Crippen molar-refractivity contribution in [2.75, 3.05) is 24.1 Å². The Bertz CT molecular complexity index is 1390. The number of anilines is 1.